The van der Waals surface area contributed by atoms with Crippen molar-refractivity contribution in [2.45, 2.75) is 44.4 Å². The average molecular weight is 593 g/mol. The van der Waals surface area contributed by atoms with Gasteiger partial charge in [-0.05, 0) is 48.7 Å². The van der Waals surface area contributed by atoms with E-state index in [0.29, 0.717) is 44.7 Å². The molecule has 230 valence electrons. The third-order valence-corrected chi connectivity index (χ3v) is 7.05. The first-order chi connectivity index (χ1) is 21.0. The van der Waals surface area contributed by atoms with E-state index in [1.165, 1.54) is 31.0 Å². The summed E-state index contributed by atoms with van der Waals surface area (Å²) in [4.78, 5) is 25.1. The lowest BCUT2D eigenvalue weighted by atomic mass is 10.2. The van der Waals surface area contributed by atoms with E-state index in [-0.39, 0.29) is 24.5 Å². The summed E-state index contributed by atoms with van der Waals surface area (Å²) in [7, 11) is 0. The summed E-state index contributed by atoms with van der Waals surface area (Å²) in [6, 6.07) is 22.5. The molecule has 3 aromatic rings. The van der Waals surface area contributed by atoms with Gasteiger partial charge in [0.25, 0.3) is 5.69 Å². The highest BCUT2D eigenvalue weighted by Gasteiger charge is 2.17. The van der Waals surface area contributed by atoms with Crippen molar-refractivity contribution in [2.75, 3.05) is 44.8 Å². The van der Waals surface area contributed by atoms with Crippen LogP contribution < -0.4 is 20.1 Å². The van der Waals surface area contributed by atoms with Crippen molar-refractivity contribution in [3.8, 4) is 11.5 Å². The molecule has 1 aliphatic carbocycles. The number of nitro groups is 1. The van der Waals surface area contributed by atoms with Crippen LogP contribution in [0.5, 0.6) is 11.5 Å². The van der Waals surface area contributed by atoms with Crippen LogP contribution in [0.2, 0.25) is 0 Å². The Balaban J connectivity index is 1.21. The van der Waals surface area contributed by atoms with Gasteiger partial charge >= 0.3 is 6.03 Å². The summed E-state index contributed by atoms with van der Waals surface area (Å²) in [5.74, 6) is 1.35. The van der Waals surface area contributed by atoms with E-state index >= 15 is 0 Å². The molecule has 0 heterocycles. The lowest BCUT2D eigenvalue weighted by molar-refractivity contribution is -0.383. The Labute approximate surface area is 251 Å². The van der Waals surface area contributed by atoms with Crippen molar-refractivity contribution in [3.05, 3.63) is 94.5 Å². The molecular weight excluding hydrogens is 552 g/mol. The van der Waals surface area contributed by atoms with Gasteiger partial charge < -0.3 is 30.0 Å². The van der Waals surface area contributed by atoms with E-state index in [1.807, 2.05) is 47.4 Å². The predicted molar refractivity (Wildman–Crippen MR) is 163 cm³/mol. The van der Waals surface area contributed by atoms with E-state index in [1.54, 1.807) is 18.2 Å². The fourth-order valence-electron chi connectivity index (χ4n) is 4.91. The standard InChI is InChI=1S/C32H40N4O7/c37-26(24-43-29-16-14-28(15-17-29)42-21-20-41-27-10-4-5-11-27)23-35(22-25-8-2-1-3-9-25)19-18-33-32(38)34-30-12-6-7-13-31(30)36(39)40/h1-3,6-9,12-17,26-27,37H,4-5,10-11,18-24H2,(H2,33,34,38). The Hall–Kier alpha value is -4.19. The Morgan fingerprint density at radius 3 is 2.35 bits per heavy atom. The van der Waals surface area contributed by atoms with Crippen molar-refractivity contribution in [3.63, 3.8) is 0 Å². The minimum atomic E-state index is -0.784. The zero-order valence-corrected chi connectivity index (χ0v) is 24.2. The number of nitro benzene ring substituents is 1. The molecule has 0 aliphatic heterocycles. The number of aliphatic hydroxyl groups excluding tert-OH is 1. The molecule has 0 spiro atoms. The SMILES string of the molecule is O=C(NCCN(Cc1ccccc1)CC(O)COc1ccc(OCCOC2CCCC2)cc1)Nc1ccccc1[N+](=O)[O-]. The normalized spacial score (nSPS) is 13.9. The number of nitrogens with zero attached hydrogens (tertiary/aromatic N) is 2. The number of carbonyl (C=O) groups is 1. The third kappa shape index (κ3) is 11.2. The van der Waals surface area contributed by atoms with Gasteiger partial charge in [-0.15, -0.1) is 0 Å². The molecule has 11 nitrogen and oxygen atoms in total. The molecule has 0 radical (unpaired) electrons. The lowest BCUT2D eigenvalue weighted by Crippen LogP contribution is -2.41. The number of aliphatic hydroxyl groups is 1. The molecule has 1 aliphatic rings. The molecule has 0 saturated heterocycles. The molecule has 4 rings (SSSR count). The number of para-hydroxylation sites is 2. The second kappa shape index (κ2) is 17.1. The summed E-state index contributed by atoms with van der Waals surface area (Å²) in [5, 5.41) is 27.2. The largest absolute Gasteiger partial charge is 0.491 e. The molecule has 43 heavy (non-hydrogen) atoms. The number of nitrogens with one attached hydrogen (secondary N) is 2. The van der Waals surface area contributed by atoms with Crippen molar-refractivity contribution in [1.29, 1.82) is 0 Å². The van der Waals surface area contributed by atoms with Gasteiger partial charge in [0.1, 0.15) is 36.5 Å². The number of benzene rings is 3. The number of anilines is 1. The molecule has 0 bridgehead atoms. The van der Waals surface area contributed by atoms with E-state index < -0.39 is 17.1 Å². The minimum Gasteiger partial charge on any atom is -0.491 e. The van der Waals surface area contributed by atoms with Gasteiger partial charge in [0, 0.05) is 32.2 Å². The Morgan fingerprint density at radius 2 is 1.63 bits per heavy atom. The minimum absolute atomic E-state index is 0.0896. The van der Waals surface area contributed by atoms with E-state index in [0.717, 1.165) is 24.2 Å². The van der Waals surface area contributed by atoms with Gasteiger partial charge in [0.05, 0.1) is 17.6 Å². The van der Waals surface area contributed by atoms with Crippen LogP contribution in [0.1, 0.15) is 31.2 Å². The smallest absolute Gasteiger partial charge is 0.319 e. The van der Waals surface area contributed by atoms with Crippen LogP contribution in [-0.2, 0) is 11.3 Å². The second-order valence-corrected chi connectivity index (χ2v) is 10.4. The molecule has 3 aromatic carbocycles. The maximum absolute atomic E-state index is 12.4. The van der Waals surface area contributed by atoms with Gasteiger partial charge in [-0.3, -0.25) is 15.0 Å². The maximum atomic E-state index is 12.4. The summed E-state index contributed by atoms with van der Waals surface area (Å²) in [6.45, 7) is 2.73. The van der Waals surface area contributed by atoms with E-state index in [4.69, 9.17) is 14.2 Å². The number of carbonyl (C=O) groups excluding carboxylic acids is 1. The van der Waals surface area contributed by atoms with Crippen LogP contribution in [0, 0.1) is 10.1 Å². The third-order valence-electron chi connectivity index (χ3n) is 7.05. The first-order valence-electron chi connectivity index (χ1n) is 14.7. The van der Waals surface area contributed by atoms with Crippen molar-refractivity contribution >= 4 is 17.4 Å². The summed E-state index contributed by atoms with van der Waals surface area (Å²) in [6.07, 6.45) is 4.35. The highest BCUT2D eigenvalue weighted by atomic mass is 16.6. The van der Waals surface area contributed by atoms with Crippen LogP contribution in [0.4, 0.5) is 16.2 Å². The van der Waals surface area contributed by atoms with Gasteiger partial charge in [-0.2, -0.15) is 0 Å². The molecule has 1 fully saturated rings. The zero-order chi connectivity index (χ0) is 30.3. The number of hydrogen-bond acceptors (Lipinski definition) is 8. The van der Waals surface area contributed by atoms with Crippen LogP contribution in [0.25, 0.3) is 0 Å². The molecule has 1 saturated carbocycles. The molecule has 0 aromatic heterocycles. The highest BCUT2D eigenvalue weighted by Crippen LogP contribution is 2.23. The van der Waals surface area contributed by atoms with Gasteiger partial charge in [-0.1, -0.05) is 55.3 Å². The summed E-state index contributed by atoms with van der Waals surface area (Å²) < 4.78 is 17.4. The summed E-state index contributed by atoms with van der Waals surface area (Å²) >= 11 is 0. The maximum Gasteiger partial charge on any atom is 0.319 e. The number of rotatable bonds is 17. The van der Waals surface area contributed by atoms with Crippen LogP contribution in [-0.4, -0.2) is 72.6 Å². The number of ether oxygens (including phenoxy) is 3. The monoisotopic (exact) mass is 592 g/mol. The Kier molecular flexibility index (Phi) is 12.6. The Bertz CT molecular complexity index is 1270. The van der Waals surface area contributed by atoms with Gasteiger partial charge in [0.15, 0.2) is 0 Å². The van der Waals surface area contributed by atoms with Crippen molar-refractivity contribution in [1.82, 2.24) is 10.2 Å². The first-order valence-corrected chi connectivity index (χ1v) is 14.7. The van der Waals surface area contributed by atoms with Gasteiger partial charge in [-0.25, -0.2) is 4.79 Å². The molecule has 3 N–H and O–H groups in total. The quantitative estimate of drug-likeness (QED) is 0.113. The average Bonchev–Trinajstić information content (AvgIpc) is 3.53. The highest BCUT2D eigenvalue weighted by molar-refractivity contribution is 5.91. The molecule has 11 heteroatoms. The van der Waals surface area contributed by atoms with E-state index in [2.05, 4.69) is 10.6 Å². The number of urea groups is 1. The van der Waals surface area contributed by atoms with Crippen LogP contribution in [0.15, 0.2) is 78.9 Å². The predicted octanol–water partition coefficient (Wildman–Crippen LogP) is 5.00. The fraction of sp³-hybridized carbons (Fsp3) is 0.406. The lowest BCUT2D eigenvalue weighted by Gasteiger charge is -2.25. The molecule has 1 unspecified atom stereocenters. The number of hydrogen-bond donors (Lipinski definition) is 3. The topological polar surface area (TPSA) is 135 Å². The molecule has 1 atom stereocenters. The fourth-order valence-corrected chi connectivity index (χ4v) is 4.91. The van der Waals surface area contributed by atoms with Crippen LogP contribution >= 0.6 is 0 Å². The first kappa shape index (κ1) is 31.7. The Morgan fingerprint density at radius 1 is 0.953 bits per heavy atom. The molecular formula is C32H40N4O7. The molecule has 2 amide bonds. The van der Waals surface area contributed by atoms with E-state index in [9.17, 15) is 20.0 Å². The van der Waals surface area contributed by atoms with Crippen molar-refractivity contribution < 1.29 is 29.0 Å². The summed E-state index contributed by atoms with van der Waals surface area (Å²) in [5.41, 5.74) is 0.994. The zero-order valence-electron chi connectivity index (χ0n) is 24.2. The van der Waals surface area contributed by atoms with Gasteiger partial charge in [0.2, 0.25) is 0 Å². The van der Waals surface area contributed by atoms with Crippen molar-refractivity contribution in [2.24, 2.45) is 0 Å². The van der Waals surface area contributed by atoms with Crippen LogP contribution in [0.3, 0.4) is 0 Å². The second-order valence-electron chi connectivity index (χ2n) is 10.4. The number of amides is 2.